The van der Waals surface area contributed by atoms with Crippen molar-refractivity contribution in [3.05, 3.63) is 0 Å². The first kappa shape index (κ1) is 15.4. The van der Waals surface area contributed by atoms with E-state index in [1.165, 1.54) is 0 Å². The molecule has 1 saturated carbocycles. The van der Waals surface area contributed by atoms with Crippen molar-refractivity contribution < 1.29 is 13.2 Å². The highest BCUT2D eigenvalue weighted by molar-refractivity contribution is 7.89. The molecular weight excluding hydrogens is 252 g/mol. The third kappa shape index (κ3) is 4.56. The van der Waals surface area contributed by atoms with Gasteiger partial charge in [0.2, 0.25) is 10.0 Å². The van der Waals surface area contributed by atoms with E-state index in [1.54, 1.807) is 0 Å². The van der Waals surface area contributed by atoms with Gasteiger partial charge in [-0.3, -0.25) is 0 Å². The zero-order valence-corrected chi connectivity index (χ0v) is 11.9. The van der Waals surface area contributed by atoms with E-state index in [-0.39, 0.29) is 12.4 Å². The monoisotopic (exact) mass is 274 g/mol. The maximum Gasteiger partial charge on any atom is 0.215 e. The lowest BCUT2D eigenvalue weighted by Gasteiger charge is -2.33. The molecule has 0 unspecified atom stereocenters. The molecule has 0 atom stereocenters. The molecule has 0 saturated heterocycles. The molecule has 5 nitrogen and oxygen atoms in total. The molecule has 0 heterocycles. The lowest BCUT2D eigenvalue weighted by molar-refractivity contribution is 0.163. The number of nitriles is 1. The van der Waals surface area contributed by atoms with Gasteiger partial charge in [-0.2, -0.15) is 9.98 Å². The predicted molar refractivity (Wildman–Crippen MR) is 69.4 cm³/mol. The molecule has 1 aliphatic carbocycles. The zero-order chi connectivity index (χ0) is 13.6. The van der Waals surface area contributed by atoms with Crippen molar-refractivity contribution in [1.82, 2.24) is 4.72 Å². The van der Waals surface area contributed by atoms with Crippen LogP contribution in [0.1, 0.15) is 39.5 Å². The molecule has 0 bridgehead atoms. The Hall–Kier alpha value is -0.640. The molecule has 0 aliphatic heterocycles. The molecule has 1 aliphatic rings. The van der Waals surface area contributed by atoms with Gasteiger partial charge in [-0.05, 0) is 38.5 Å². The van der Waals surface area contributed by atoms with Gasteiger partial charge in [-0.15, -0.1) is 0 Å². The summed E-state index contributed by atoms with van der Waals surface area (Å²) < 4.78 is 31.4. The van der Waals surface area contributed by atoms with Crippen LogP contribution in [0.25, 0.3) is 0 Å². The van der Waals surface area contributed by atoms with E-state index in [0.29, 0.717) is 25.4 Å². The van der Waals surface area contributed by atoms with Gasteiger partial charge in [0.25, 0.3) is 0 Å². The second-order valence-electron chi connectivity index (χ2n) is 4.99. The molecule has 0 aromatic rings. The smallest absolute Gasteiger partial charge is 0.215 e. The Labute approximate surface area is 110 Å². The van der Waals surface area contributed by atoms with E-state index >= 15 is 0 Å². The fraction of sp³-hybridized carbons (Fsp3) is 0.917. The molecule has 0 aromatic carbocycles. The first-order chi connectivity index (χ1) is 8.43. The van der Waals surface area contributed by atoms with Gasteiger partial charge in [0.1, 0.15) is 5.54 Å². The van der Waals surface area contributed by atoms with E-state index in [2.05, 4.69) is 17.7 Å². The van der Waals surface area contributed by atoms with Gasteiger partial charge in [-0.25, -0.2) is 8.42 Å². The van der Waals surface area contributed by atoms with Gasteiger partial charge in [0.05, 0.1) is 18.4 Å². The molecule has 0 aromatic heterocycles. The second kappa shape index (κ2) is 6.50. The molecular formula is C12H22N2O3S. The standard InChI is InChI=1S/C12H22N2O3S/c1-3-17-8-9-18(15,16)14-12(10-13)6-4-11(2)5-7-12/h11,14H,3-9H2,1-2H3. The molecule has 0 amide bonds. The lowest BCUT2D eigenvalue weighted by atomic mass is 9.79. The first-order valence-corrected chi connectivity index (χ1v) is 8.09. The molecule has 6 heteroatoms. The van der Waals surface area contributed by atoms with Gasteiger partial charge in [0.15, 0.2) is 0 Å². The van der Waals surface area contributed by atoms with Crippen molar-refractivity contribution in [2.45, 2.75) is 45.1 Å². The van der Waals surface area contributed by atoms with Crippen molar-refractivity contribution in [2.75, 3.05) is 19.0 Å². The summed E-state index contributed by atoms with van der Waals surface area (Å²) in [6.45, 7) is 4.62. The Morgan fingerprint density at radius 3 is 2.56 bits per heavy atom. The van der Waals surface area contributed by atoms with Crippen LogP contribution in [0.3, 0.4) is 0 Å². The summed E-state index contributed by atoms with van der Waals surface area (Å²) >= 11 is 0. The van der Waals surface area contributed by atoms with Crippen LogP contribution >= 0.6 is 0 Å². The Morgan fingerprint density at radius 2 is 2.06 bits per heavy atom. The van der Waals surface area contributed by atoms with Crippen LogP contribution in [0.4, 0.5) is 0 Å². The van der Waals surface area contributed by atoms with Crippen LogP contribution in [0, 0.1) is 17.2 Å². The average Bonchev–Trinajstić information content (AvgIpc) is 2.32. The third-order valence-corrected chi connectivity index (χ3v) is 4.80. The van der Waals surface area contributed by atoms with Crippen LogP contribution in [0.2, 0.25) is 0 Å². The highest BCUT2D eigenvalue weighted by Crippen LogP contribution is 2.31. The number of ether oxygens (including phenoxy) is 1. The molecule has 0 radical (unpaired) electrons. The highest BCUT2D eigenvalue weighted by Gasteiger charge is 2.37. The Kier molecular flexibility index (Phi) is 5.57. The van der Waals surface area contributed by atoms with Crippen LogP contribution in [-0.4, -0.2) is 32.9 Å². The van der Waals surface area contributed by atoms with E-state index in [0.717, 1.165) is 12.8 Å². The van der Waals surface area contributed by atoms with Crippen molar-refractivity contribution in [2.24, 2.45) is 5.92 Å². The van der Waals surface area contributed by atoms with Crippen LogP contribution in [0.5, 0.6) is 0 Å². The van der Waals surface area contributed by atoms with E-state index in [9.17, 15) is 13.7 Å². The number of nitrogens with zero attached hydrogens (tertiary/aromatic N) is 1. The quantitative estimate of drug-likeness (QED) is 0.743. The largest absolute Gasteiger partial charge is 0.381 e. The summed E-state index contributed by atoms with van der Waals surface area (Å²) in [7, 11) is -3.44. The summed E-state index contributed by atoms with van der Waals surface area (Å²) in [4.78, 5) is 0. The fourth-order valence-corrected chi connectivity index (χ4v) is 3.44. The minimum atomic E-state index is -3.44. The first-order valence-electron chi connectivity index (χ1n) is 6.44. The zero-order valence-electron chi connectivity index (χ0n) is 11.1. The second-order valence-corrected chi connectivity index (χ2v) is 6.84. The summed E-state index contributed by atoms with van der Waals surface area (Å²) in [6.07, 6.45) is 2.97. The summed E-state index contributed by atoms with van der Waals surface area (Å²) in [6, 6.07) is 2.15. The lowest BCUT2D eigenvalue weighted by Crippen LogP contribution is -2.50. The molecule has 104 valence electrons. The highest BCUT2D eigenvalue weighted by atomic mass is 32.2. The minimum Gasteiger partial charge on any atom is -0.381 e. The normalized spacial score (nSPS) is 28.8. The van der Waals surface area contributed by atoms with Crippen molar-refractivity contribution in [3.8, 4) is 6.07 Å². The van der Waals surface area contributed by atoms with E-state index in [4.69, 9.17) is 4.74 Å². The fourth-order valence-electron chi connectivity index (χ4n) is 2.15. The SMILES string of the molecule is CCOCCS(=O)(=O)NC1(C#N)CCC(C)CC1. The average molecular weight is 274 g/mol. The van der Waals surface area contributed by atoms with Gasteiger partial charge < -0.3 is 4.74 Å². The summed E-state index contributed by atoms with van der Waals surface area (Å²) in [5, 5.41) is 9.25. The van der Waals surface area contributed by atoms with E-state index < -0.39 is 15.6 Å². The predicted octanol–water partition coefficient (Wildman–Crippen LogP) is 1.41. The summed E-state index contributed by atoms with van der Waals surface area (Å²) in [5.41, 5.74) is -0.905. The third-order valence-electron chi connectivity index (χ3n) is 3.39. The van der Waals surface area contributed by atoms with Crippen molar-refractivity contribution in [3.63, 3.8) is 0 Å². The number of nitrogens with one attached hydrogen (secondary N) is 1. The van der Waals surface area contributed by atoms with Crippen LogP contribution in [0.15, 0.2) is 0 Å². The van der Waals surface area contributed by atoms with E-state index in [1.807, 2.05) is 6.92 Å². The molecule has 18 heavy (non-hydrogen) atoms. The van der Waals surface area contributed by atoms with Crippen molar-refractivity contribution in [1.29, 1.82) is 5.26 Å². The maximum absolute atomic E-state index is 11.9. The molecule has 1 N–H and O–H groups in total. The number of hydrogen-bond acceptors (Lipinski definition) is 4. The Morgan fingerprint density at radius 1 is 1.44 bits per heavy atom. The molecule has 1 rings (SSSR count). The molecule has 0 spiro atoms. The van der Waals surface area contributed by atoms with Gasteiger partial charge >= 0.3 is 0 Å². The summed E-state index contributed by atoms with van der Waals surface area (Å²) in [5.74, 6) is 0.485. The van der Waals surface area contributed by atoms with Gasteiger partial charge in [-0.1, -0.05) is 6.92 Å². The Balaban J connectivity index is 2.60. The van der Waals surface area contributed by atoms with Crippen LogP contribution in [-0.2, 0) is 14.8 Å². The van der Waals surface area contributed by atoms with Crippen LogP contribution < -0.4 is 4.72 Å². The number of rotatable bonds is 6. The topological polar surface area (TPSA) is 79.2 Å². The number of sulfonamides is 1. The molecule has 1 fully saturated rings. The maximum atomic E-state index is 11.9. The number of hydrogen-bond donors (Lipinski definition) is 1. The van der Waals surface area contributed by atoms with Crippen molar-refractivity contribution >= 4 is 10.0 Å². The Bertz CT molecular complexity index is 392. The minimum absolute atomic E-state index is 0.0835. The van der Waals surface area contributed by atoms with Gasteiger partial charge in [0, 0.05) is 6.61 Å².